The van der Waals surface area contributed by atoms with Crippen LogP contribution in [0.2, 0.25) is 0 Å². The number of aryl methyl sites for hydroxylation is 1. The lowest BCUT2D eigenvalue weighted by Crippen LogP contribution is -2.23. The zero-order valence-electron chi connectivity index (χ0n) is 16.7. The second-order valence-electron chi connectivity index (χ2n) is 7.20. The predicted octanol–water partition coefficient (Wildman–Crippen LogP) is 3.48. The van der Waals surface area contributed by atoms with Gasteiger partial charge in [-0.1, -0.05) is 13.8 Å². The number of hydrogen-bond donors (Lipinski definition) is 2. The Bertz CT molecular complexity index is 1180. The molecule has 0 aliphatic carbocycles. The molecule has 0 aliphatic heterocycles. The Kier molecular flexibility index (Phi) is 5.02. The average molecular weight is 413 g/mol. The molecule has 0 aliphatic rings. The number of nitrogen functional groups attached to an aromatic ring is 1. The minimum atomic E-state index is -2.75. The quantitative estimate of drug-likeness (QED) is 0.498. The Morgan fingerprint density at radius 2 is 1.90 bits per heavy atom. The van der Waals surface area contributed by atoms with Crippen LogP contribution >= 0.6 is 0 Å². The van der Waals surface area contributed by atoms with E-state index in [1.807, 2.05) is 43.5 Å². The van der Waals surface area contributed by atoms with Crippen LogP contribution in [0.5, 0.6) is 0 Å². The van der Waals surface area contributed by atoms with E-state index < -0.39 is 12.6 Å². The third-order valence-electron chi connectivity index (χ3n) is 4.78. The van der Waals surface area contributed by atoms with Gasteiger partial charge >= 0.3 is 6.55 Å². The molecule has 1 unspecified atom stereocenters. The number of hydrogen-bond acceptors (Lipinski definition) is 7. The van der Waals surface area contributed by atoms with E-state index in [2.05, 4.69) is 30.4 Å². The van der Waals surface area contributed by atoms with E-state index in [9.17, 15) is 8.78 Å². The van der Waals surface area contributed by atoms with Gasteiger partial charge in [-0.15, -0.1) is 0 Å². The summed E-state index contributed by atoms with van der Waals surface area (Å²) in [5, 5.41) is 6.83. The van der Waals surface area contributed by atoms with E-state index in [1.54, 1.807) is 12.3 Å². The molecular weight excluding hydrogens is 392 g/mol. The Labute approximate surface area is 171 Å². The van der Waals surface area contributed by atoms with Gasteiger partial charge in [0, 0.05) is 18.0 Å². The lowest BCUT2D eigenvalue weighted by atomic mass is 10.0. The van der Waals surface area contributed by atoms with Gasteiger partial charge in [0.25, 0.3) is 0 Å². The second-order valence-corrected chi connectivity index (χ2v) is 7.20. The summed E-state index contributed by atoms with van der Waals surface area (Å²) in [6, 6.07) is 4.81. The molecule has 0 amide bonds. The first-order valence-electron chi connectivity index (χ1n) is 9.37. The topological polar surface area (TPSA) is 112 Å². The molecular formula is C19H21F2N9. The van der Waals surface area contributed by atoms with Crippen LogP contribution in [0.1, 0.15) is 38.0 Å². The maximum Gasteiger partial charge on any atom is 0.333 e. The first-order chi connectivity index (χ1) is 14.3. The van der Waals surface area contributed by atoms with E-state index in [1.165, 1.54) is 6.20 Å². The Morgan fingerprint density at radius 3 is 2.63 bits per heavy atom. The van der Waals surface area contributed by atoms with Crippen molar-refractivity contribution < 1.29 is 8.78 Å². The molecule has 9 nitrogen and oxygen atoms in total. The summed E-state index contributed by atoms with van der Waals surface area (Å²) < 4.78 is 29.2. The van der Waals surface area contributed by atoms with Crippen molar-refractivity contribution in [3.8, 4) is 11.4 Å². The number of aromatic nitrogens is 7. The zero-order chi connectivity index (χ0) is 21.4. The van der Waals surface area contributed by atoms with Crippen LogP contribution in [0.15, 0.2) is 36.8 Å². The number of halogens is 2. The summed E-state index contributed by atoms with van der Waals surface area (Å²) >= 11 is 0. The van der Waals surface area contributed by atoms with Crippen LogP contribution in [0.3, 0.4) is 0 Å². The van der Waals surface area contributed by atoms with Crippen molar-refractivity contribution in [1.29, 1.82) is 0 Å². The molecule has 4 aromatic rings. The van der Waals surface area contributed by atoms with Crippen LogP contribution < -0.4 is 11.1 Å². The summed E-state index contributed by atoms with van der Waals surface area (Å²) in [5.74, 6) is 1.36. The molecule has 1 atom stereocenters. The fourth-order valence-electron chi connectivity index (χ4n) is 3.29. The normalized spacial score (nSPS) is 12.8. The zero-order valence-corrected chi connectivity index (χ0v) is 16.7. The van der Waals surface area contributed by atoms with E-state index in [0.717, 1.165) is 16.9 Å². The summed E-state index contributed by atoms with van der Waals surface area (Å²) in [6.45, 7) is 2.95. The first kappa shape index (κ1) is 19.7. The number of rotatable bonds is 6. The Hall–Kier alpha value is -3.63. The smallest absolute Gasteiger partial charge is 0.333 e. The standard InChI is InChI=1S/C19H21F2N9/c1-10(2)15(14-6-7-24-30(14)17(20)21)25-19-27-16(26-18(22)28-19)12-4-5-13-8-23-11(3)29(13)9-12/h4-10,15,17H,1-3H3,(H3,22,25,26,27,28). The number of nitrogens with two attached hydrogens (primary N) is 1. The maximum absolute atomic E-state index is 13.3. The highest BCUT2D eigenvalue weighted by Gasteiger charge is 2.24. The minimum Gasteiger partial charge on any atom is -0.368 e. The van der Waals surface area contributed by atoms with Gasteiger partial charge in [-0.25, -0.2) is 9.67 Å². The van der Waals surface area contributed by atoms with Gasteiger partial charge in [-0.05, 0) is 31.0 Å². The summed E-state index contributed by atoms with van der Waals surface area (Å²) in [7, 11) is 0. The molecule has 3 N–H and O–H groups in total. The van der Waals surface area contributed by atoms with Crippen LogP contribution in [-0.2, 0) is 0 Å². The van der Waals surface area contributed by atoms with Gasteiger partial charge in [-0.3, -0.25) is 0 Å². The van der Waals surface area contributed by atoms with Crippen molar-refractivity contribution in [1.82, 2.24) is 34.1 Å². The van der Waals surface area contributed by atoms with E-state index in [4.69, 9.17) is 5.73 Å². The third-order valence-corrected chi connectivity index (χ3v) is 4.78. The van der Waals surface area contributed by atoms with Crippen molar-refractivity contribution in [2.24, 2.45) is 5.92 Å². The molecule has 4 heterocycles. The van der Waals surface area contributed by atoms with Crippen molar-refractivity contribution >= 4 is 17.4 Å². The fourth-order valence-corrected chi connectivity index (χ4v) is 3.29. The summed E-state index contributed by atoms with van der Waals surface area (Å²) in [4.78, 5) is 17.1. The van der Waals surface area contributed by atoms with Crippen molar-refractivity contribution in [3.05, 3.63) is 48.3 Å². The van der Waals surface area contributed by atoms with Gasteiger partial charge < -0.3 is 15.5 Å². The highest BCUT2D eigenvalue weighted by molar-refractivity contribution is 5.61. The number of nitrogens with one attached hydrogen (secondary N) is 1. The number of fused-ring (bicyclic) bond motifs is 1. The molecule has 0 bridgehead atoms. The average Bonchev–Trinajstić information content (AvgIpc) is 3.32. The third kappa shape index (κ3) is 3.65. The molecule has 4 aromatic heterocycles. The highest BCUT2D eigenvalue weighted by atomic mass is 19.3. The minimum absolute atomic E-state index is 0.0230. The van der Waals surface area contributed by atoms with Crippen LogP contribution in [-0.4, -0.2) is 34.1 Å². The molecule has 4 rings (SSSR count). The SMILES string of the molecule is Cc1ncc2ccc(-c3nc(N)nc(NC(c4ccnn4C(F)F)C(C)C)n3)cn12. The van der Waals surface area contributed by atoms with Gasteiger partial charge in [-0.2, -0.15) is 28.8 Å². The second kappa shape index (κ2) is 7.65. The van der Waals surface area contributed by atoms with Gasteiger partial charge in [0.05, 0.1) is 23.4 Å². The molecule has 0 saturated heterocycles. The fraction of sp³-hybridized carbons (Fsp3) is 0.316. The van der Waals surface area contributed by atoms with Gasteiger partial charge in [0.1, 0.15) is 5.82 Å². The molecule has 0 saturated carbocycles. The highest BCUT2D eigenvalue weighted by Crippen LogP contribution is 2.28. The first-order valence-corrected chi connectivity index (χ1v) is 9.37. The molecule has 156 valence electrons. The summed E-state index contributed by atoms with van der Waals surface area (Å²) in [6.07, 6.45) is 4.98. The van der Waals surface area contributed by atoms with Crippen LogP contribution in [0, 0.1) is 12.8 Å². The Balaban J connectivity index is 1.71. The Morgan fingerprint density at radius 1 is 1.10 bits per heavy atom. The summed E-state index contributed by atoms with van der Waals surface area (Å²) in [5.41, 5.74) is 7.90. The number of nitrogens with zero attached hydrogens (tertiary/aromatic N) is 7. The number of pyridine rings is 1. The largest absolute Gasteiger partial charge is 0.368 e. The van der Waals surface area contributed by atoms with E-state index in [0.29, 0.717) is 16.2 Å². The number of alkyl halides is 2. The monoisotopic (exact) mass is 413 g/mol. The molecule has 11 heteroatoms. The van der Waals surface area contributed by atoms with E-state index in [-0.39, 0.29) is 17.8 Å². The molecule has 0 spiro atoms. The van der Waals surface area contributed by atoms with Crippen LogP contribution in [0.25, 0.3) is 16.9 Å². The predicted molar refractivity (Wildman–Crippen MR) is 108 cm³/mol. The van der Waals surface area contributed by atoms with Crippen molar-refractivity contribution in [2.45, 2.75) is 33.4 Å². The maximum atomic E-state index is 13.3. The lowest BCUT2D eigenvalue weighted by Gasteiger charge is -2.23. The molecule has 30 heavy (non-hydrogen) atoms. The molecule has 0 aromatic carbocycles. The molecule has 0 radical (unpaired) electrons. The van der Waals surface area contributed by atoms with Crippen LogP contribution in [0.4, 0.5) is 20.7 Å². The van der Waals surface area contributed by atoms with Gasteiger partial charge in [0.2, 0.25) is 11.9 Å². The number of anilines is 2. The van der Waals surface area contributed by atoms with Crippen molar-refractivity contribution in [2.75, 3.05) is 11.1 Å². The lowest BCUT2D eigenvalue weighted by molar-refractivity contribution is 0.0518. The van der Waals surface area contributed by atoms with Gasteiger partial charge in [0.15, 0.2) is 5.82 Å². The number of imidazole rings is 1. The van der Waals surface area contributed by atoms with E-state index >= 15 is 0 Å². The van der Waals surface area contributed by atoms with Crippen molar-refractivity contribution in [3.63, 3.8) is 0 Å². The molecule has 0 fully saturated rings.